The zero-order valence-electron chi connectivity index (χ0n) is 14.3. The van der Waals surface area contributed by atoms with E-state index in [1.807, 2.05) is 0 Å². The van der Waals surface area contributed by atoms with Gasteiger partial charge >= 0.3 is 0 Å². The normalized spacial score (nSPS) is 11.0. The highest BCUT2D eigenvalue weighted by molar-refractivity contribution is 5.98. The molecule has 1 aromatic heterocycles. The summed E-state index contributed by atoms with van der Waals surface area (Å²) in [5.74, 6) is -5.28. The van der Waals surface area contributed by atoms with Gasteiger partial charge in [-0.05, 0) is 32.1 Å². The summed E-state index contributed by atoms with van der Waals surface area (Å²) < 4.78 is 44.5. The third-order valence-corrected chi connectivity index (χ3v) is 3.55. The molecule has 26 heavy (non-hydrogen) atoms. The van der Waals surface area contributed by atoms with Crippen molar-refractivity contribution in [1.82, 2.24) is 10.1 Å². The van der Waals surface area contributed by atoms with E-state index in [4.69, 9.17) is 4.52 Å². The lowest BCUT2D eigenvalue weighted by Gasteiger charge is -2.15. The van der Waals surface area contributed by atoms with E-state index in [9.17, 15) is 22.8 Å². The Morgan fingerprint density at radius 2 is 1.92 bits per heavy atom. The Kier molecular flexibility index (Phi) is 5.81. The summed E-state index contributed by atoms with van der Waals surface area (Å²) in [7, 11) is 1.36. The summed E-state index contributed by atoms with van der Waals surface area (Å²) in [6.07, 6.45) is 2.74. The van der Waals surface area contributed by atoms with Gasteiger partial charge in [0.2, 0.25) is 11.8 Å². The van der Waals surface area contributed by atoms with Gasteiger partial charge in [-0.15, -0.1) is 0 Å². The number of hydrogen-bond acceptors (Lipinski definition) is 4. The van der Waals surface area contributed by atoms with Gasteiger partial charge in [-0.1, -0.05) is 5.16 Å². The van der Waals surface area contributed by atoms with Crippen LogP contribution in [0.5, 0.6) is 0 Å². The van der Waals surface area contributed by atoms with Crippen LogP contribution < -0.4 is 5.32 Å². The van der Waals surface area contributed by atoms with Gasteiger partial charge in [0, 0.05) is 18.7 Å². The third-order valence-electron chi connectivity index (χ3n) is 3.55. The summed E-state index contributed by atoms with van der Waals surface area (Å²) in [5.41, 5.74) is 0.752. The lowest BCUT2D eigenvalue weighted by molar-refractivity contribution is -0.129. The molecule has 138 valence electrons. The van der Waals surface area contributed by atoms with Crippen molar-refractivity contribution in [1.29, 1.82) is 0 Å². The first-order chi connectivity index (χ1) is 12.2. The Hall–Kier alpha value is -3.10. The highest BCUT2D eigenvalue weighted by Crippen LogP contribution is 2.19. The second kappa shape index (κ2) is 7.85. The van der Waals surface area contributed by atoms with E-state index < -0.39 is 41.5 Å². The third kappa shape index (κ3) is 4.29. The topological polar surface area (TPSA) is 75.4 Å². The molecule has 2 rings (SSSR count). The van der Waals surface area contributed by atoms with Crippen LogP contribution in [0.2, 0.25) is 0 Å². The molecule has 0 saturated heterocycles. The Balaban J connectivity index is 1.98. The number of anilines is 1. The molecule has 6 nitrogen and oxygen atoms in total. The molecule has 0 aliphatic heterocycles. The summed E-state index contributed by atoms with van der Waals surface area (Å²) in [6.45, 7) is 3.00. The number of aromatic nitrogens is 1. The first-order valence-electron chi connectivity index (χ1n) is 7.50. The second-order valence-electron chi connectivity index (χ2n) is 5.54. The number of halogens is 3. The van der Waals surface area contributed by atoms with Crippen molar-refractivity contribution >= 4 is 23.6 Å². The number of amides is 2. The molecule has 0 aliphatic carbocycles. The molecule has 1 heterocycles. The summed E-state index contributed by atoms with van der Waals surface area (Å²) in [6, 6.07) is 1.58. The van der Waals surface area contributed by atoms with Crippen LogP contribution in [-0.4, -0.2) is 35.5 Å². The highest BCUT2D eigenvalue weighted by Gasteiger charge is 2.17. The van der Waals surface area contributed by atoms with Gasteiger partial charge in [-0.25, -0.2) is 13.2 Å². The van der Waals surface area contributed by atoms with E-state index in [0.29, 0.717) is 23.1 Å². The van der Waals surface area contributed by atoms with Crippen LogP contribution in [-0.2, 0) is 9.59 Å². The molecule has 0 atom stereocenters. The van der Waals surface area contributed by atoms with Crippen LogP contribution in [0.4, 0.5) is 18.9 Å². The predicted molar refractivity (Wildman–Crippen MR) is 87.6 cm³/mol. The molecule has 0 bridgehead atoms. The predicted octanol–water partition coefficient (Wildman–Crippen LogP) is 2.82. The standard InChI is InChI=1S/C17H16F3N3O3/c1-9-11(10(2)26-22-9)4-7-15(25)23(3)8-14(24)21-13-6-5-12(18)16(19)17(13)20/h4-7H,8H2,1-3H3,(H,21,24). The zero-order valence-corrected chi connectivity index (χ0v) is 14.3. The van der Waals surface area contributed by atoms with Gasteiger partial charge in [-0.2, -0.15) is 0 Å². The van der Waals surface area contributed by atoms with Gasteiger partial charge in [-0.3, -0.25) is 9.59 Å². The molecule has 1 N–H and O–H groups in total. The van der Waals surface area contributed by atoms with Crippen LogP contribution in [0.1, 0.15) is 17.0 Å². The molecule has 1 aromatic carbocycles. The fourth-order valence-electron chi connectivity index (χ4n) is 2.12. The fraction of sp³-hybridized carbons (Fsp3) is 0.235. The number of nitrogens with zero attached hydrogens (tertiary/aromatic N) is 2. The number of hydrogen-bond donors (Lipinski definition) is 1. The number of nitrogens with one attached hydrogen (secondary N) is 1. The van der Waals surface area contributed by atoms with Crippen LogP contribution in [0.3, 0.4) is 0 Å². The van der Waals surface area contributed by atoms with E-state index >= 15 is 0 Å². The molecule has 2 aromatic rings. The quantitative estimate of drug-likeness (QED) is 0.651. The van der Waals surface area contributed by atoms with Gasteiger partial charge in [0.1, 0.15) is 5.76 Å². The highest BCUT2D eigenvalue weighted by atomic mass is 19.2. The average molecular weight is 367 g/mol. The van der Waals surface area contributed by atoms with Crippen molar-refractivity contribution in [2.45, 2.75) is 13.8 Å². The summed E-state index contributed by atoms with van der Waals surface area (Å²) >= 11 is 0. The molecule has 0 saturated carbocycles. The molecule has 0 spiro atoms. The number of aryl methyl sites for hydroxylation is 2. The van der Waals surface area contributed by atoms with Gasteiger partial charge in [0.05, 0.1) is 17.9 Å². The van der Waals surface area contributed by atoms with Crippen molar-refractivity contribution in [3.8, 4) is 0 Å². The van der Waals surface area contributed by atoms with Crippen LogP contribution in [0, 0.1) is 31.3 Å². The first-order valence-corrected chi connectivity index (χ1v) is 7.50. The van der Waals surface area contributed by atoms with Crippen molar-refractivity contribution in [2.75, 3.05) is 18.9 Å². The minimum Gasteiger partial charge on any atom is -0.361 e. The Labute approximate surface area is 147 Å². The van der Waals surface area contributed by atoms with Crippen LogP contribution >= 0.6 is 0 Å². The lowest BCUT2D eigenvalue weighted by atomic mass is 10.2. The number of benzene rings is 1. The molecule has 0 radical (unpaired) electrons. The van der Waals surface area contributed by atoms with E-state index in [1.54, 1.807) is 13.8 Å². The number of rotatable bonds is 5. The molecule has 2 amide bonds. The van der Waals surface area contributed by atoms with Crippen LogP contribution in [0.25, 0.3) is 6.08 Å². The lowest BCUT2D eigenvalue weighted by Crippen LogP contribution is -2.34. The van der Waals surface area contributed by atoms with Gasteiger partial charge < -0.3 is 14.7 Å². The summed E-state index contributed by atoms with van der Waals surface area (Å²) in [5, 5.41) is 5.84. The van der Waals surface area contributed by atoms with Crippen LogP contribution in [0.15, 0.2) is 22.7 Å². The Morgan fingerprint density at radius 1 is 1.23 bits per heavy atom. The largest absolute Gasteiger partial charge is 0.361 e. The van der Waals surface area contributed by atoms with Crippen molar-refractivity contribution < 1.29 is 27.3 Å². The van der Waals surface area contributed by atoms with Crippen molar-refractivity contribution in [3.05, 3.63) is 52.7 Å². The molecule has 0 unspecified atom stereocenters. The maximum absolute atomic E-state index is 13.5. The molecular formula is C17H16F3N3O3. The maximum Gasteiger partial charge on any atom is 0.246 e. The van der Waals surface area contributed by atoms with Gasteiger partial charge in [0.25, 0.3) is 0 Å². The zero-order chi connectivity index (χ0) is 19.4. The monoisotopic (exact) mass is 367 g/mol. The second-order valence-corrected chi connectivity index (χ2v) is 5.54. The first kappa shape index (κ1) is 19.2. The Bertz CT molecular complexity index is 858. The number of carbonyl (C=O) groups is 2. The van der Waals surface area contributed by atoms with E-state index in [2.05, 4.69) is 10.5 Å². The maximum atomic E-state index is 13.5. The molecule has 0 aliphatic rings. The Morgan fingerprint density at radius 3 is 2.54 bits per heavy atom. The number of likely N-dealkylation sites (N-methyl/N-ethyl adjacent to an activating group) is 1. The van der Waals surface area contributed by atoms with Gasteiger partial charge in [0.15, 0.2) is 17.5 Å². The smallest absolute Gasteiger partial charge is 0.246 e. The minimum absolute atomic E-state index is 0.413. The fourth-order valence-corrected chi connectivity index (χ4v) is 2.12. The summed E-state index contributed by atoms with van der Waals surface area (Å²) in [4.78, 5) is 25.0. The van der Waals surface area contributed by atoms with Crippen molar-refractivity contribution in [2.24, 2.45) is 0 Å². The number of carbonyl (C=O) groups excluding carboxylic acids is 2. The average Bonchev–Trinajstić information content (AvgIpc) is 2.91. The van der Waals surface area contributed by atoms with E-state index in [0.717, 1.165) is 11.0 Å². The molecular weight excluding hydrogens is 351 g/mol. The van der Waals surface area contributed by atoms with E-state index in [-0.39, 0.29) is 0 Å². The SMILES string of the molecule is Cc1noc(C)c1C=CC(=O)N(C)CC(=O)Nc1ccc(F)c(F)c1F. The molecule has 9 heteroatoms. The van der Waals surface area contributed by atoms with Crippen molar-refractivity contribution in [3.63, 3.8) is 0 Å². The minimum atomic E-state index is -1.69. The van der Waals surface area contributed by atoms with E-state index in [1.165, 1.54) is 19.2 Å². The molecule has 0 fully saturated rings.